The lowest BCUT2D eigenvalue weighted by molar-refractivity contribution is -0.119. The van der Waals surface area contributed by atoms with E-state index in [1.54, 1.807) is 16.7 Å². The molecule has 0 aliphatic rings. The summed E-state index contributed by atoms with van der Waals surface area (Å²) < 4.78 is 7.39. The maximum atomic E-state index is 12.6. The van der Waals surface area contributed by atoms with Gasteiger partial charge in [-0.25, -0.2) is 0 Å². The van der Waals surface area contributed by atoms with Gasteiger partial charge in [-0.2, -0.15) is 0 Å². The Morgan fingerprint density at radius 3 is 2.36 bits per heavy atom. The zero-order valence-electron chi connectivity index (χ0n) is 22.7. The molecule has 0 aliphatic heterocycles. The van der Waals surface area contributed by atoms with Crippen molar-refractivity contribution in [1.29, 1.82) is 0 Å². The average molecular weight is 512 g/mol. The minimum atomic E-state index is -0.677. The molecule has 36 heavy (non-hydrogen) atoms. The van der Waals surface area contributed by atoms with Crippen LogP contribution in [-0.4, -0.2) is 49.3 Å². The summed E-state index contributed by atoms with van der Waals surface area (Å²) in [6, 6.07) is 15.2. The van der Waals surface area contributed by atoms with Gasteiger partial charge in [0.05, 0.1) is 11.1 Å². The van der Waals surface area contributed by atoms with E-state index in [9.17, 15) is 9.59 Å². The molecular formula is C29H41N3O3S. The minimum Gasteiger partial charge on any atom is -0.379 e. The first-order chi connectivity index (χ1) is 17.3. The number of aryl methyl sites for hydroxylation is 2. The van der Waals surface area contributed by atoms with Crippen LogP contribution in [-0.2, 0) is 27.8 Å². The number of aromatic nitrogens is 1. The molecule has 2 aromatic carbocycles. The van der Waals surface area contributed by atoms with E-state index < -0.39 is 6.04 Å². The zero-order valence-corrected chi connectivity index (χ0v) is 23.5. The highest BCUT2D eigenvalue weighted by Crippen LogP contribution is 2.39. The predicted octanol–water partition coefficient (Wildman–Crippen LogP) is 5.78. The van der Waals surface area contributed by atoms with Crippen LogP contribution in [0.15, 0.2) is 53.6 Å². The van der Waals surface area contributed by atoms with Gasteiger partial charge >= 0.3 is 0 Å². The van der Waals surface area contributed by atoms with E-state index in [0.717, 1.165) is 59.5 Å². The molecule has 0 spiro atoms. The molecule has 0 saturated carbocycles. The number of thioether (sulfide) groups is 1. The Morgan fingerprint density at radius 2 is 1.83 bits per heavy atom. The Hall–Kier alpha value is -2.61. The van der Waals surface area contributed by atoms with E-state index >= 15 is 0 Å². The van der Waals surface area contributed by atoms with Crippen molar-refractivity contribution >= 4 is 40.5 Å². The molecule has 1 atom stereocenters. The first-order valence-corrected chi connectivity index (χ1v) is 13.7. The molecule has 1 amide bonds. The van der Waals surface area contributed by atoms with E-state index in [1.807, 2.05) is 68.9 Å². The third kappa shape index (κ3) is 7.45. The summed E-state index contributed by atoms with van der Waals surface area (Å²) >= 11 is 1.59. The van der Waals surface area contributed by atoms with E-state index in [4.69, 9.17) is 4.74 Å². The monoisotopic (exact) mass is 511 g/mol. The number of rotatable bonds is 11. The highest BCUT2D eigenvalue weighted by Gasteiger charge is 2.30. The van der Waals surface area contributed by atoms with Gasteiger partial charge in [-0.1, -0.05) is 37.3 Å². The second-order valence-corrected chi connectivity index (χ2v) is 9.66. The predicted molar refractivity (Wildman–Crippen MR) is 152 cm³/mol. The van der Waals surface area contributed by atoms with Crippen molar-refractivity contribution in [3.05, 3.63) is 59.7 Å². The van der Waals surface area contributed by atoms with Crippen LogP contribution in [0.5, 0.6) is 0 Å². The van der Waals surface area contributed by atoms with Gasteiger partial charge in [-0.15, -0.1) is 11.8 Å². The largest absolute Gasteiger partial charge is 0.379 e. The number of hydrogen-bond donors (Lipinski definition) is 1. The van der Waals surface area contributed by atoms with Gasteiger partial charge in [0, 0.05) is 42.7 Å². The molecule has 0 bridgehead atoms. The molecule has 0 radical (unpaired) electrons. The summed E-state index contributed by atoms with van der Waals surface area (Å²) in [5.41, 5.74) is 3.86. The fraction of sp³-hybridized carbons (Fsp3) is 0.448. The van der Waals surface area contributed by atoms with Gasteiger partial charge in [0.25, 0.3) is 0 Å². The molecule has 0 saturated heterocycles. The molecule has 0 fully saturated rings. The third-order valence-corrected chi connectivity index (χ3v) is 6.85. The maximum absolute atomic E-state index is 12.6. The number of nitrogens with zero attached hydrogens (tertiary/aromatic N) is 2. The number of nitrogens with one attached hydrogen (secondary N) is 1. The molecule has 3 rings (SSSR count). The van der Waals surface area contributed by atoms with E-state index in [1.165, 1.54) is 12.5 Å². The van der Waals surface area contributed by atoms with E-state index in [2.05, 4.69) is 30.7 Å². The van der Waals surface area contributed by atoms with Gasteiger partial charge in [0.2, 0.25) is 5.91 Å². The Balaban J connectivity index is 0.000000434. The van der Waals surface area contributed by atoms with Crippen LogP contribution in [0.4, 0.5) is 5.69 Å². The Morgan fingerprint density at radius 1 is 1.17 bits per heavy atom. The molecule has 0 aliphatic carbocycles. The first kappa shape index (κ1) is 29.6. The van der Waals surface area contributed by atoms with Crippen LogP contribution in [0, 0.1) is 0 Å². The fourth-order valence-electron chi connectivity index (χ4n) is 4.19. The van der Waals surface area contributed by atoms with Gasteiger partial charge in [-0.3, -0.25) is 9.69 Å². The number of carbonyl (C=O) groups is 2. The summed E-state index contributed by atoms with van der Waals surface area (Å²) in [6.07, 6.45) is 5.28. The number of aldehydes is 1. The summed E-state index contributed by atoms with van der Waals surface area (Å²) in [5, 5.41) is 5.05. The second-order valence-electron chi connectivity index (χ2n) is 8.87. The molecule has 1 aromatic heterocycles. The number of para-hydroxylation sites is 1. The van der Waals surface area contributed by atoms with Gasteiger partial charge in [-0.05, 0) is 70.3 Å². The molecule has 1 N–H and O–H groups in total. The van der Waals surface area contributed by atoms with Crippen molar-refractivity contribution in [2.75, 3.05) is 31.4 Å². The lowest BCUT2D eigenvalue weighted by atomic mass is 10.0. The van der Waals surface area contributed by atoms with Crippen LogP contribution in [0.25, 0.3) is 10.9 Å². The molecule has 1 heterocycles. The molecule has 3 aromatic rings. The first-order valence-electron chi connectivity index (χ1n) is 12.5. The SMILES string of the molecule is CCc1ccc(N(C(C)=O)C(C=O)c2c(SC)n(C)c3ccccc23)cc1.CNCCCOC(C)C. The van der Waals surface area contributed by atoms with Crippen molar-refractivity contribution < 1.29 is 14.3 Å². The van der Waals surface area contributed by atoms with Crippen molar-refractivity contribution in [3.63, 3.8) is 0 Å². The Bertz CT molecular complexity index is 1110. The Kier molecular flexibility index (Phi) is 12.2. The number of hydrogen-bond acceptors (Lipinski definition) is 5. The standard InChI is InChI=1S/C22H24N2O2S.C7H17NO/c1-5-16-10-12-17(13-11-16)24(15(2)26)20(14-25)21-18-8-6-7-9-19(18)23(3)22(21)27-4;1-7(2)9-6-4-5-8-3/h6-14,20H,5H2,1-4H3;7-8H,4-6H2,1-3H3. The summed E-state index contributed by atoms with van der Waals surface area (Å²) in [4.78, 5) is 26.4. The minimum absolute atomic E-state index is 0.156. The summed E-state index contributed by atoms with van der Waals surface area (Å²) in [7, 11) is 3.95. The molecule has 7 heteroatoms. The lowest BCUT2D eigenvalue weighted by Gasteiger charge is -2.28. The maximum Gasteiger partial charge on any atom is 0.224 e. The van der Waals surface area contributed by atoms with Crippen LogP contribution in [0.1, 0.15) is 51.3 Å². The molecule has 6 nitrogen and oxygen atoms in total. The third-order valence-electron chi connectivity index (χ3n) is 5.97. The van der Waals surface area contributed by atoms with Crippen LogP contribution in [0.3, 0.4) is 0 Å². The van der Waals surface area contributed by atoms with E-state index in [-0.39, 0.29) is 5.91 Å². The number of fused-ring (bicyclic) bond motifs is 1. The molecular weight excluding hydrogens is 470 g/mol. The Labute approximate surface area is 220 Å². The number of amides is 1. The molecule has 1 unspecified atom stereocenters. The van der Waals surface area contributed by atoms with Crippen molar-refractivity contribution in [3.8, 4) is 0 Å². The smallest absolute Gasteiger partial charge is 0.224 e. The van der Waals surface area contributed by atoms with Gasteiger partial charge in [0.15, 0.2) is 0 Å². The lowest BCUT2D eigenvalue weighted by Crippen LogP contribution is -2.34. The highest BCUT2D eigenvalue weighted by molar-refractivity contribution is 7.98. The van der Waals surface area contributed by atoms with Crippen molar-refractivity contribution in [2.24, 2.45) is 7.05 Å². The second kappa shape index (κ2) is 14.8. The number of anilines is 1. The van der Waals surface area contributed by atoms with Crippen molar-refractivity contribution in [1.82, 2.24) is 9.88 Å². The van der Waals surface area contributed by atoms with Crippen LogP contribution < -0.4 is 10.2 Å². The van der Waals surface area contributed by atoms with Crippen LogP contribution >= 0.6 is 11.8 Å². The van der Waals surface area contributed by atoms with Crippen LogP contribution in [0.2, 0.25) is 0 Å². The quantitative estimate of drug-likeness (QED) is 0.201. The number of benzene rings is 2. The number of ether oxygens (including phenoxy) is 1. The normalized spacial score (nSPS) is 11.8. The average Bonchev–Trinajstić information content (AvgIpc) is 3.16. The number of carbonyl (C=O) groups excluding carboxylic acids is 2. The van der Waals surface area contributed by atoms with Gasteiger partial charge in [0.1, 0.15) is 12.3 Å². The fourth-order valence-corrected chi connectivity index (χ4v) is 5.01. The highest BCUT2D eigenvalue weighted by atomic mass is 32.2. The zero-order chi connectivity index (χ0) is 26.7. The van der Waals surface area contributed by atoms with E-state index in [0.29, 0.717) is 6.10 Å². The van der Waals surface area contributed by atoms with Crippen molar-refractivity contribution in [2.45, 2.75) is 57.7 Å². The summed E-state index contributed by atoms with van der Waals surface area (Å²) in [6.45, 7) is 9.63. The van der Waals surface area contributed by atoms with Gasteiger partial charge < -0.3 is 19.4 Å². The molecule has 196 valence electrons. The summed E-state index contributed by atoms with van der Waals surface area (Å²) in [5.74, 6) is -0.156. The topological polar surface area (TPSA) is 63.6 Å².